The molecule has 0 aliphatic rings. The zero-order chi connectivity index (χ0) is 20.6. The third kappa shape index (κ3) is 5.60. The zero-order valence-electron chi connectivity index (χ0n) is 17.0. The van der Waals surface area contributed by atoms with Gasteiger partial charge in [0, 0.05) is 25.0 Å². The molecular weight excluding hydrogens is 368 g/mol. The Morgan fingerprint density at radius 3 is 2.86 bits per heavy atom. The highest BCUT2D eigenvalue weighted by Crippen LogP contribution is 2.23. The molecule has 0 aliphatic heterocycles. The molecule has 2 aromatic heterocycles. The number of nitrogens with two attached hydrogens (primary N) is 1. The van der Waals surface area contributed by atoms with Crippen LogP contribution in [0, 0.1) is 0 Å². The SMILES string of the molecule is CCCCCCOc1ccc2ccn(CCC[C@@H](O)n3cnc(C(N)=O)c3)c2c1. The number of amides is 1. The maximum atomic E-state index is 11.1. The predicted octanol–water partition coefficient (Wildman–Crippen LogP) is 3.87. The summed E-state index contributed by atoms with van der Waals surface area (Å²) in [5.74, 6) is 0.296. The van der Waals surface area contributed by atoms with Crippen molar-refractivity contribution in [2.45, 2.75) is 58.2 Å². The maximum absolute atomic E-state index is 11.1. The second-order valence-corrected chi connectivity index (χ2v) is 7.33. The molecule has 156 valence electrons. The first-order valence-electron chi connectivity index (χ1n) is 10.3. The molecule has 0 spiro atoms. The number of carbonyl (C=O) groups is 1. The highest BCUT2D eigenvalue weighted by molar-refractivity contribution is 5.90. The van der Waals surface area contributed by atoms with Crippen LogP contribution in [-0.2, 0) is 6.54 Å². The lowest BCUT2D eigenvalue weighted by molar-refractivity contribution is 0.0905. The maximum Gasteiger partial charge on any atom is 0.268 e. The molecular formula is C22H30N4O3. The lowest BCUT2D eigenvalue weighted by atomic mass is 10.2. The molecule has 0 saturated carbocycles. The fraction of sp³-hybridized carbons (Fsp3) is 0.455. The number of primary amides is 1. The smallest absolute Gasteiger partial charge is 0.268 e. The fourth-order valence-corrected chi connectivity index (χ4v) is 3.39. The minimum atomic E-state index is -0.737. The van der Waals surface area contributed by atoms with E-state index in [1.165, 1.54) is 41.7 Å². The Morgan fingerprint density at radius 2 is 2.10 bits per heavy atom. The third-order valence-electron chi connectivity index (χ3n) is 5.07. The van der Waals surface area contributed by atoms with Crippen LogP contribution in [0.3, 0.4) is 0 Å². The van der Waals surface area contributed by atoms with Crippen LogP contribution in [0.1, 0.15) is 62.2 Å². The average molecular weight is 399 g/mol. The van der Waals surface area contributed by atoms with Crippen molar-refractivity contribution < 1.29 is 14.6 Å². The number of hydrogen-bond donors (Lipinski definition) is 2. The van der Waals surface area contributed by atoms with Crippen molar-refractivity contribution in [3.8, 4) is 5.75 Å². The van der Waals surface area contributed by atoms with E-state index in [0.29, 0.717) is 6.42 Å². The third-order valence-corrected chi connectivity index (χ3v) is 5.07. The second-order valence-electron chi connectivity index (χ2n) is 7.33. The molecule has 29 heavy (non-hydrogen) atoms. The van der Waals surface area contributed by atoms with Crippen LogP contribution in [0.2, 0.25) is 0 Å². The number of aromatic nitrogens is 3. The zero-order valence-corrected chi connectivity index (χ0v) is 17.0. The van der Waals surface area contributed by atoms with Crippen LogP contribution in [0.15, 0.2) is 43.0 Å². The second kappa shape index (κ2) is 10.1. The first kappa shape index (κ1) is 20.9. The number of aliphatic hydroxyl groups excluding tert-OH is 1. The lowest BCUT2D eigenvalue weighted by Crippen LogP contribution is -2.12. The largest absolute Gasteiger partial charge is 0.494 e. The number of aryl methyl sites for hydroxylation is 1. The highest BCUT2D eigenvalue weighted by atomic mass is 16.5. The summed E-state index contributed by atoms with van der Waals surface area (Å²) in [7, 11) is 0. The van der Waals surface area contributed by atoms with Gasteiger partial charge in [-0.05, 0) is 42.8 Å². The van der Waals surface area contributed by atoms with Gasteiger partial charge in [0.25, 0.3) is 5.91 Å². The quantitative estimate of drug-likeness (QED) is 0.453. The molecule has 0 saturated heterocycles. The fourth-order valence-electron chi connectivity index (χ4n) is 3.39. The molecule has 2 heterocycles. The number of hydrogen-bond acceptors (Lipinski definition) is 4. The van der Waals surface area contributed by atoms with Gasteiger partial charge in [-0.1, -0.05) is 26.2 Å². The molecule has 1 aromatic carbocycles. The number of ether oxygens (including phenoxy) is 1. The monoisotopic (exact) mass is 398 g/mol. The van der Waals surface area contributed by atoms with Crippen molar-refractivity contribution in [1.82, 2.24) is 14.1 Å². The molecule has 3 rings (SSSR count). The summed E-state index contributed by atoms with van der Waals surface area (Å²) in [5.41, 5.74) is 6.48. The summed E-state index contributed by atoms with van der Waals surface area (Å²) < 4.78 is 9.59. The standard InChI is InChI=1S/C22H30N4O3/c1-2-3-4-5-13-29-18-9-8-17-10-12-25(20(17)14-18)11-6-7-21(27)26-15-19(22(23)28)24-16-26/h8-10,12,14-16,21,27H,2-7,11,13H2,1H3,(H2,23,28)/t21-/m1/s1. The van der Waals surface area contributed by atoms with Crippen molar-refractivity contribution in [2.75, 3.05) is 6.61 Å². The number of imidazole rings is 1. The topological polar surface area (TPSA) is 95.3 Å². The average Bonchev–Trinajstić information content (AvgIpc) is 3.35. The van der Waals surface area contributed by atoms with E-state index in [9.17, 15) is 9.90 Å². The van der Waals surface area contributed by atoms with Gasteiger partial charge in [-0.25, -0.2) is 4.98 Å². The molecule has 7 heteroatoms. The first-order chi connectivity index (χ1) is 14.1. The number of carbonyl (C=O) groups excluding carboxylic acids is 1. The molecule has 7 nitrogen and oxygen atoms in total. The number of unbranched alkanes of at least 4 members (excludes halogenated alkanes) is 3. The van der Waals surface area contributed by atoms with E-state index in [-0.39, 0.29) is 5.69 Å². The summed E-state index contributed by atoms with van der Waals surface area (Å²) in [6.45, 7) is 3.73. The van der Waals surface area contributed by atoms with Gasteiger partial charge < -0.3 is 24.7 Å². The molecule has 3 aromatic rings. The van der Waals surface area contributed by atoms with E-state index < -0.39 is 12.1 Å². The van der Waals surface area contributed by atoms with Gasteiger partial charge >= 0.3 is 0 Å². The Morgan fingerprint density at radius 1 is 1.24 bits per heavy atom. The van der Waals surface area contributed by atoms with Crippen LogP contribution in [0.4, 0.5) is 0 Å². The Labute approximate surface area is 171 Å². The molecule has 1 amide bonds. The van der Waals surface area contributed by atoms with Crippen molar-refractivity contribution >= 4 is 16.8 Å². The summed E-state index contributed by atoms with van der Waals surface area (Å²) in [4.78, 5) is 15.0. The van der Waals surface area contributed by atoms with E-state index in [1.807, 2.05) is 6.07 Å². The van der Waals surface area contributed by atoms with Gasteiger partial charge in [0.15, 0.2) is 0 Å². The summed E-state index contributed by atoms with van der Waals surface area (Å²) >= 11 is 0. The molecule has 3 N–H and O–H groups in total. The van der Waals surface area contributed by atoms with Crippen LogP contribution < -0.4 is 10.5 Å². The Hall–Kier alpha value is -2.80. The van der Waals surface area contributed by atoms with E-state index in [0.717, 1.165) is 37.3 Å². The van der Waals surface area contributed by atoms with E-state index in [2.05, 4.69) is 40.9 Å². The summed E-state index contributed by atoms with van der Waals surface area (Å²) in [6, 6.07) is 8.27. The summed E-state index contributed by atoms with van der Waals surface area (Å²) in [5, 5.41) is 11.5. The van der Waals surface area contributed by atoms with Crippen LogP contribution >= 0.6 is 0 Å². The number of fused-ring (bicyclic) bond motifs is 1. The van der Waals surface area contributed by atoms with Gasteiger partial charge in [-0.15, -0.1) is 0 Å². The molecule has 0 aliphatic carbocycles. The van der Waals surface area contributed by atoms with Gasteiger partial charge in [0.05, 0.1) is 18.5 Å². The van der Waals surface area contributed by atoms with Crippen molar-refractivity contribution in [3.63, 3.8) is 0 Å². The molecule has 0 unspecified atom stereocenters. The molecule has 0 radical (unpaired) electrons. The number of nitrogens with zero attached hydrogens (tertiary/aromatic N) is 3. The number of benzene rings is 1. The Kier molecular flexibility index (Phi) is 7.30. The van der Waals surface area contributed by atoms with Crippen molar-refractivity contribution in [1.29, 1.82) is 0 Å². The van der Waals surface area contributed by atoms with Crippen LogP contribution in [-0.4, -0.2) is 31.7 Å². The lowest BCUT2D eigenvalue weighted by Gasteiger charge is -2.13. The number of rotatable bonds is 12. The highest BCUT2D eigenvalue weighted by Gasteiger charge is 2.11. The van der Waals surface area contributed by atoms with Crippen LogP contribution in [0.5, 0.6) is 5.75 Å². The predicted molar refractivity (Wildman–Crippen MR) is 113 cm³/mol. The first-order valence-corrected chi connectivity index (χ1v) is 10.3. The number of aliphatic hydroxyl groups is 1. The molecule has 0 fully saturated rings. The van der Waals surface area contributed by atoms with E-state index in [4.69, 9.17) is 10.5 Å². The van der Waals surface area contributed by atoms with Gasteiger partial charge in [0.1, 0.15) is 17.7 Å². The molecule has 1 atom stereocenters. The molecule has 0 bridgehead atoms. The normalized spacial score (nSPS) is 12.3. The van der Waals surface area contributed by atoms with Gasteiger partial charge in [0.2, 0.25) is 0 Å². The van der Waals surface area contributed by atoms with Crippen molar-refractivity contribution in [2.24, 2.45) is 5.73 Å². The summed E-state index contributed by atoms with van der Waals surface area (Å²) in [6.07, 6.45) is 10.3. The van der Waals surface area contributed by atoms with E-state index >= 15 is 0 Å². The van der Waals surface area contributed by atoms with Crippen molar-refractivity contribution in [3.05, 3.63) is 48.7 Å². The Balaban J connectivity index is 1.54. The Bertz CT molecular complexity index is 931. The van der Waals surface area contributed by atoms with Gasteiger partial charge in [-0.2, -0.15) is 0 Å². The van der Waals surface area contributed by atoms with Gasteiger partial charge in [-0.3, -0.25) is 4.79 Å². The van der Waals surface area contributed by atoms with Crippen LogP contribution in [0.25, 0.3) is 10.9 Å². The van der Waals surface area contributed by atoms with E-state index in [1.54, 1.807) is 0 Å². The minimum Gasteiger partial charge on any atom is -0.494 e. The minimum absolute atomic E-state index is 0.155.